The van der Waals surface area contributed by atoms with Gasteiger partial charge in [0.25, 0.3) is 5.91 Å². The van der Waals surface area contributed by atoms with E-state index in [0.717, 1.165) is 25.1 Å². The SMILES string of the molecule is Nc1ncc(F)cc1C(=O)NCC1CCCC1. The summed E-state index contributed by atoms with van der Waals surface area (Å²) in [7, 11) is 0. The van der Waals surface area contributed by atoms with Crippen LogP contribution in [0.2, 0.25) is 0 Å². The van der Waals surface area contributed by atoms with Gasteiger partial charge in [0.2, 0.25) is 0 Å². The molecule has 1 heterocycles. The molecule has 1 aromatic rings. The van der Waals surface area contributed by atoms with E-state index in [1.54, 1.807) is 0 Å². The number of aromatic nitrogens is 1. The zero-order valence-electron chi connectivity index (χ0n) is 9.58. The average Bonchev–Trinajstić information content (AvgIpc) is 2.82. The lowest BCUT2D eigenvalue weighted by Gasteiger charge is -2.11. The number of rotatable bonds is 3. The lowest BCUT2D eigenvalue weighted by Crippen LogP contribution is -2.29. The number of nitrogen functional groups attached to an aromatic ring is 1. The minimum absolute atomic E-state index is 0.0651. The zero-order chi connectivity index (χ0) is 12.3. The van der Waals surface area contributed by atoms with Gasteiger partial charge in [-0.25, -0.2) is 9.37 Å². The summed E-state index contributed by atoms with van der Waals surface area (Å²) < 4.78 is 13.0. The fourth-order valence-corrected chi connectivity index (χ4v) is 2.18. The number of hydrogen-bond donors (Lipinski definition) is 2. The standard InChI is InChI=1S/C12H16FN3O/c13-9-5-10(11(14)15-7-9)12(17)16-6-8-3-1-2-4-8/h5,7-8H,1-4,6H2,(H2,14,15)(H,16,17). The summed E-state index contributed by atoms with van der Waals surface area (Å²) in [4.78, 5) is 15.4. The van der Waals surface area contributed by atoms with Crippen molar-refractivity contribution >= 4 is 11.7 Å². The molecule has 17 heavy (non-hydrogen) atoms. The van der Waals surface area contributed by atoms with Crippen molar-refractivity contribution in [3.8, 4) is 0 Å². The highest BCUT2D eigenvalue weighted by molar-refractivity contribution is 5.98. The third kappa shape index (κ3) is 2.93. The number of nitrogens with one attached hydrogen (secondary N) is 1. The molecule has 5 heteroatoms. The van der Waals surface area contributed by atoms with E-state index in [9.17, 15) is 9.18 Å². The Hall–Kier alpha value is -1.65. The van der Waals surface area contributed by atoms with Crippen LogP contribution in [0.3, 0.4) is 0 Å². The van der Waals surface area contributed by atoms with Crippen LogP contribution in [0.25, 0.3) is 0 Å². The first-order valence-corrected chi connectivity index (χ1v) is 5.86. The van der Waals surface area contributed by atoms with Gasteiger partial charge in [-0.1, -0.05) is 12.8 Å². The summed E-state index contributed by atoms with van der Waals surface area (Å²) in [6, 6.07) is 1.12. The molecular formula is C12H16FN3O. The molecule has 0 aliphatic heterocycles. The lowest BCUT2D eigenvalue weighted by molar-refractivity contribution is 0.0947. The summed E-state index contributed by atoms with van der Waals surface area (Å²) in [6.45, 7) is 0.634. The normalized spacial score (nSPS) is 16.1. The number of halogens is 1. The highest BCUT2D eigenvalue weighted by Gasteiger charge is 2.17. The molecule has 1 aromatic heterocycles. The van der Waals surface area contributed by atoms with Crippen LogP contribution >= 0.6 is 0 Å². The van der Waals surface area contributed by atoms with Crippen LogP contribution in [0.4, 0.5) is 10.2 Å². The second-order valence-electron chi connectivity index (χ2n) is 4.45. The number of amides is 1. The molecule has 2 rings (SSSR count). The maximum Gasteiger partial charge on any atom is 0.255 e. The molecule has 0 bridgehead atoms. The van der Waals surface area contributed by atoms with Gasteiger partial charge in [0.05, 0.1) is 11.8 Å². The van der Waals surface area contributed by atoms with Crippen molar-refractivity contribution in [2.24, 2.45) is 5.92 Å². The molecule has 1 aliphatic rings. The number of hydrogen-bond acceptors (Lipinski definition) is 3. The Morgan fingerprint density at radius 1 is 1.53 bits per heavy atom. The summed E-state index contributed by atoms with van der Waals surface area (Å²) in [5.41, 5.74) is 5.65. The average molecular weight is 237 g/mol. The van der Waals surface area contributed by atoms with Crippen molar-refractivity contribution in [1.29, 1.82) is 0 Å². The molecule has 1 saturated carbocycles. The molecule has 0 unspecified atom stereocenters. The van der Waals surface area contributed by atoms with Crippen LogP contribution in [0.5, 0.6) is 0 Å². The van der Waals surface area contributed by atoms with Crippen LogP contribution in [-0.4, -0.2) is 17.4 Å². The number of anilines is 1. The van der Waals surface area contributed by atoms with Crippen LogP contribution in [0, 0.1) is 11.7 Å². The van der Waals surface area contributed by atoms with Gasteiger partial charge in [-0.05, 0) is 24.8 Å². The molecule has 1 amide bonds. The second-order valence-corrected chi connectivity index (χ2v) is 4.45. The Morgan fingerprint density at radius 2 is 2.24 bits per heavy atom. The van der Waals surface area contributed by atoms with Gasteiger partial charge in [-0.15, -0.1) is 0 Å². The molecule has 3 N–H and O–H groups in total. The summed E-state index contributed by atoms with van der Waals surface area (Å²) in [6.07, 6.45) is 5.76. The first kappa shape index (κ1) is 11.8. The van der Waals surface area contributed by atoms with Gasteiger partial charge in [0, 0.05) is 6.54 Å². The van der Waals surface area contributed by atoms with Crippen molar-refractivity contribution in [2.45, 2.75) is 25.7 Å². The van der Waals surface area contributed by atoms with E-state index in [-0.39, 0.29) is 17.3 Å². The Morgan fingerprint density at radius 3 is 2.94 bits per heavy atom. The molecule has 1 fully saturated rings. The first-order chi connectivity index (χ1) is 8.16. The minimum atomic E-state index is -0.551. The fourth-order valence-electron chi connectivity index (χ4n) is 2.18. The predicted molar refractivity (Wildman–Crippen MR) is 62.9 cm³/mol. The molecule has 0 aromatic carbocycles. The number of pyridine rings is 1. The van der Waals surface area contributed by atoms with Crippen LogP contribution in [0.1, 0.15) is 36.0 Å². The maximum atomic E-state index is 13.0. The lowest BCUT2D eigenvalue weighted by atomic mass is 10.1. The van der Waals surface area contributed by atoms with E-state index in [4.69, 9.17) is 5.73 Å². The second kappa shape index (κ2) is 5.12. The molecule has 92 valence electrons. The zero-order valence-corrected chi connectivity index (χ0v) is 9.58. The highest BCUT2D eigenvalue weighted by atomic mass is 19.1. The van der Waals surface area contributed by atoms with E-state index in [1.807, 2.05) is 0 Å². The van der Waals surface area contributed by atoms with Gasteiger partial charge in [0.1, 0.15) is 11.6 Å². The Labute approximate surface area is 99.4 Å². The molecule has 1 aliphatic carbocycles. The summed E-state index contributed by atoms with van der Waals surface area (Å²) in [5, 5.41) is 2.78. The van der Waals surface area contributed by atoms with Crippen molar-refractivity contribution in [2.75, 3.05) is 12.3 Å². The first-order valence-electron chi connectivity index (χ1n) is 5.86. The smallest absolute Gasteiger partial charge is 0.255 e. The number of nitrogens with zero attached hydrogens (tertiary/aromatic N) is 1. The van der Waals surface area contributed by atoms with E-state index in [1.165, 1.54) is 12.8 Å². The van der Waals surface area contributed by atoms with Gasteiger partial charge >= 0.3 is 0 Å². The van der Waals surface area contributed by atoms with Gasteiger partial charge in [-0.2, -0.15) is 0 Å². The van der Waals surface area contributed by atoms with Crippen molar-refractivity contribution in [1.82, 2.24) is 10.3 Å². The van der Waals surface area contributed by atoms with Crippen molar-refractivity contribution < 1.29 is 9.18 Å². The highest BCUT2D eigenvalue weighted by Crippen LogP contribution is 2.23. The quantitative estimate of drug-likeness (QED) is 0.841. The van der Waals surface area contributed by atoms with Crippen LogP contribution in [-0.2, 0) is 0 Å². The Balaban J connectivity index is 1.96. The van der Waals surface area contributed by atoms with Crippen LogP contribution in [0.15, 0.2) is 12.3 Å². The molecule has 0 radical (unpaired) electrons. The van der Waals surface area contributed by atoms with E-state index in [2.05, 4.69) is 10.3 Å². The minimum Gasteiger partial charge on any atom is -0.383 e. The number of carbonyl (C=O) groups excluding carboxylic acids is 1. The van der Waals surface area contributed by atoms with E-state index >= 15 is 0 Å². The maximum absolute atomic E-state index is 13.0. The molecular weight excluding hydrogens is 221 g/mol. The monoisotopic (exact) mass is 237 g/mol. The summed E-state index contributed by atoms with van der Waals surface area (Å²) in [5.74, 6) is -0.288. The van der Waals surface area contributed by atoms with Crippen molar-refractivity contribution in [3.63, 3.8) is 0 Å². The van der Waals surface area contributed by atoms with Crippen molar-refractivity contribution in [3.05, 3.63) is 23.6 Å². The molecule has 4 nitrogen and oxygen atoms in total. The van der Waals surface area contributed by atoms with Gasteiger partial charge < -0.3 is 11.1 Å². The Bertz CT molecular complexity index is 416. The third-order valence-corrected chi connectivity index (χ3v) is 3.16. The Kier molecular flexibility index (Phi) is 3.56. The largest absolute Gasteiger partial charge is 0.383 e. The molecule has 0 spiro atoms. The number of nitrogens with two attached hydrogens (primary N) is 1. The van der Waals surface area contributed by atoms with E-state index in [0.29, 0.717) is 12.5 Å². The van der Waals surface area contributed by atoms with Gasteiger partial charge in [-0.3, -0.25) is 4.79 Å². The summed E-state index contributed by atoms with van der Waals surface area (Å²) >= 11 is 0. The molecule has 0 saturated heterocycles. The topological polar surface area (TPSA) is 68.0 Å². The van der Waals surface area contributed by atoms with Crippen LogP contribution < -0.4 is 11.1 Å². The van der Waals surface area contributed by atoms with Gasteiger partial charge in [0.15, 0.2) is 0 Å². The predicted octanol–water partition coefficient (Wildman–Crippen LogP) is 1.72. The van der Waals surface area contributed by atoms with E-state index < -0.39 is 5.82 Å². The third-order valence-electron chi connectivity index (χ3n) is 3.16. The number of carbonyl (C=O) groups is 1. The fraction of sp³-hybridized carbons (Fsp3) is 0.500. The molecule has 0 atom stereocenters.